The largest absolute Gasteiger partial charge is 0.416 e. The van der Waals surface area contributed by atoms with E-state index in [1.165, 1.54) is 0 Å². The van der Waals surface area contributed by atoms with Gasteiger partial charge in [0.1, 0.15) is 5.82 Å². The molecule has 2 saturated heterocycles. The number of pyridine rings is 1. The fourth-order valence-electron chi connectivity index (χ4n) is 4.79. The lowest BCUT2D eigenvalue weighted by Gasteiger charge is -2.38. The average Bonchev–Trinajstić information content (AvgIpc) is 2.88. The smallest absolute Gasteiger partial charge is 0.384 e. The number of likely N-dealkylation sites (tertiary alicyclic amines) is 1. The average molecular weight is 557 g/mol. The van der Waals surface area contributed by atoms with Crippen LogP contribution in [0.25, 0.3) is 0 Å². The second-order valence-corrected chi connectivity index (χ2v) is 11.2. The van der Waals surface area contributed by atoms with Crippen LogP contribution >= 0.6 is 0 Å². The van der Waals surface area contributed by atoms with Crippen molar-refractivity contribution >= 4 is 27.4 Å². The van der Waals surface area contributed by atoms with E-state index < -0.39 is 37.3 Å². The van der Waals surface area contributed by atoms with Crippen LogP contribution in [-0.4, -0.2) is 77.6 Å². The first-order chi connectivity index (χ1) is 17.9. The third kappa shape index (κ3) is 6.05. The molecule has 2 aliphatic rings. The minimum absolute atomic E-state index is 0.0737. The molecule has 2 aromatic rings. The summed E-state index contributed by atoms with van der Waals surface area (Å²) in [5.41, 5.74) is 4.31. The van der Waals surface area contributed by atoms with E-state index in [0.717, 1.165) is 9.87 Å². The van der Waals surface area contributed by atoms with Crippen molar-refractivity contribution in [2.75, 3.05) is 45.0 Å². The van der Waals surface area contributed by atoms with E-state index in [2.05, 4.69) is 9.88 Å². The predicted molar refractivity (Wildman–Crippen MR) is 130 cm³/mol. The molecule has 2 fully saturated rings. The van der Waals surface area contributed by atoms with Gasteiger partial charge in [-0.3, -0.25) is 19.8 Å². The Morgan fingerprint density at radius 2 is 1.74 bits per heavy atom. The van der Waals surface area contributed by atoms with Gasteiger partial charge in [-0.15, -0.1) is 0 Å². The first-order valence-electron chi connectivity index (χ1n) is 11.9. The number of aromatic nitrogens is 1. The molecule has 0 bridgehead atoms. The Morgan fingerprint density at radius 1 is 1.08 bits per heavy atom. The van der Waals surface area contributed by atoms with E-state index in [-0.39, 0.29) is 44.1 Å². The van der Waals surface area contributed by atoms with Crippen molar-refractivity contribution in [2.45, 2.75) is 30.5 Å². The number of rotatable bonds is 6. The summed E-state index contributed by atoms with van der Waals surface area (Å²) in [6.45, 7) is 2.06. The van der Waals surface area contributed by atoms with Crippen LogP contribution in [0, 0.1) is 16.0 Å². The summed E-state index contributed by atoms with van der Waals surface area (Å²) in [4.78, 5) is 30.3. The normalized spacial score (nSPS) is 18.4. The Hall–Kier alpha value is -3.30. The minimum Gasteiger partial charge on any atom is -0.384 e. The van der Waals surface area contributed by atoms with Crippen LogP contribution < -0.4 is 5.73 Å². The van der Waals surface area contributed by atoms with Gasteiger partial charge in [0.2, 0.25) is 15.9 Å². The van der Waals surface area contributed by atoms with Crippen LogP contribution in [0.3, 0.4) is 0 Å². The number of halogens is 3. The van der Waals surface area contributed by atoms with Gasteiger partial charge in [0.05, 0.1) is 10.5 Å². The number of anilines is 1. The third-order valence-corrected chi connectivity index (χ3v) is 8.79. The van der Waals surface area contributed by atoms with Gasteiger partial charge >= 0.3 is 6.18 Å². The molecular weight excluding hydrogens is 529 g/mol. The first-order valence-corrected chi connectivity index (χ1v) is 13.4. The van der Waals surface area contributed by atoms with Crippen LogP contribution in [0.15, 0.2) is 41.4 Å². The topological polar surface area (TPSA) is 143 Å². The summed E-state index contributed by atoms with van der Waals surface area (Å²) in [5.74, 6) is 0.171. The number of carbonyl (C=O) groups is 1. The Labute approximate surface area is 217 Å². The van der Waals surface area contributed by atoms with Crippen LogP contribution in [0.4, 0.5) is 24.7 Å². The predicted octanol–water partition coefficient (Wildman–Crippen LogP) is 2.34. The van der Waals surface area contributed by atoms with Crippen molar-refractivity contribution in [1.29, 1.82) is 0 Å². The Bertz CT molecular complexity index is 1310. The van der Waals surface area contributed by atoms with E-state index in [0.29, 0.717) is 50.4 Å². The van der Waals surface area contributed by atoms with Gasteiger partial charge in [-0.25, -0.2) is 13.4 Å². The molecule has 11 nitrogen and oxygen atoms in total. The van der Waals surface area contributed by atoms with Gasteiger partial charge in [0.15, 0.2) is 4.90 Å². The Morgan fingerprint density at radius 3 is 2.32 bits per heavy atom. The van der Waals surface area contributed by atoms with Crippen LogP contribution in [0.5, 0.6) is 0 Å². The molecule has 1 amide bonds. The van der Waals surface area contributed by atoms with Crippen molar-refractivity contribution in [1.82, 2.24) is 19.1 Å². The van der Waals surface area contributed by atoms with Crippen molar-refractivity contribution in [3.63, 3.8) is 0 Å². The molecule has 3 heterocycles. The fraction of sp³-hybridized carbons (Fsp3) is 0.478. The second-order valence-electron chi connectivity index (χ2n) is 9.31. The molecule has 206 valence electrons. The summed E-state index contributed by atoms with van der Waals surface area (Å²) in [6, 6.07) is 5.05. The van der Waals surface area contributed by atoms with E-state index in [9.17, 15) is 36.5 Å². The van der Waals surface area contributed by atoms with Gasteiger partial charge in [0.25, 0.3) is 5.69 Å². The van der Waals surface area contributed by atoms with Gasteiger partial charge < -0.3 is 10.6 Å². The molecule has 15 heteroatoms. The van der Waals surface area contributed by atoms with Gasteiger partial charge in [-0.2, -0.15) is 17.5 Å². The zero-order valence-corrected chi connectivity index (χ0v) is 21.1. The highest BCUT2D eigenvalue weighted by Crippen LogP contribution is 2.35. The van der Waals surface area contributed by atoms with Gasteiger partial charge in [0, 0.05) is 50.9 Å². The molecule has 0 saturated carbocycles. The Kier molecular flexibility index (Phi) is 7.90. The highest BCUT2D eigenvalue weighted by atomic mass is 32.2. The van der Waals surface area contributed by atoms with Crippen molar-refractivity contribution < 1.29 is 31.3 Å². The molecule has 38 heavy (non-hydrogen) atoms. The number of alkyl halides is 3. The first kappa shape index (κ1) is 27.7. The Balaban J connectivity index is 1.35. The molecule has 1 aromatic heterocycles. The van der Waals surface area contributed by atoms with Crippen LogP contribution in [0.2, 0.25) is 0 Å². The highest BCUT2D eigenvalue weighted by Gasteiger charge is 2.39. The number of benzene rings is 1. The molecular formula is C23H27F3N6O5S. The maximum Gasteiger partial charge on any atom is 0.416 e. The number of nitrogens with zero attached hydrogens (tertiary/aromatic N) is 5. The van der Waals surface area contributed by atoms with E-state index in [4.69, 9.17) is 5.73 Å². The zero-order valence-electron chi connectivity index (χ0n) is 20.3. The summed E-state index contributed by atoms with van der Waals surface area (Å²) in [5, 5.41) is 11.4. The maximum absolute atomic E-state index is 13.1. The summed E-state index contributed by atoms with van der Waals surface area (Å²) in [6.07, 6.45) is -1.91. The molecule has 2 aliphatic heterocycles. The van der Waals surface area contributed by atoms with Crippen molar-refractivity contribution in [3.05, 3.63) is 57.8 Å². The molecule has 4 rings (SSSR count). The van der Waals surface area contributed by atoms with Gasteiger partial charge in [-0.05, 0) is 55.8 Å². The molecule has 0 aliphatic carbocycles. The lowest BCUT2D eigenvalue weighted by atomic mass is 9.94. The number of sulfonamides is 1. The number of nitrogens with two attached hydrogens (primary N) is 1. The van der Waals surface area contributed by atoms with Crippen molar-refractivity contribution in [3.8, 4) is 0 Å². The SMILES string of the molecule is Nc1cc(CN2CCC(C(=O)N3CCN(S(=O)(=O)c4ccc(C(F)(F)F)cc4[N+](=O)[O-])CC3)CC2)ccn1. The molecule has 0 radical (unpaired) electrons. The lowest BCUT2D eigenvalue weighted by Crippen LogP contribution is -2.52. The van der Waals surface area contributed by atoms with Crippen LogP contribution in [0.1, 0.15) is 24.0 Å². The zero-order chi connectivity index (χ0) is 27.7. The van der Waals surface area contributed by atoms with Crippen molar-refractivity contribution in [2.24, 2.45) is 5.92 Å². The number of piperazine rings is 1. The molecule has 0 unspecified atom stereocenters. The number of nitro groups is 1. The summed E-state index contributed by atoms with van der Waals surface area (Å²) >= 11 is 0. The minimum atomic E-state index is -4.86. The fourth-order valence-corrected chi connectivity index (χ4v) is 6.35. The highest BCUT2D eigenvalue weighted by molar-refractivity contribution is 7.89. The molecule has 0 spiro atoms. The number of piperidine rings is 1. The second kappa shape index (κ2) is 10.8. The molecule has 1 aromatic carbocycles. The number of carbonyl (C=O) groups excluding carboxylic acids is 1. The standard InChI is InChI=1S/C23H27F3N6O5S/c24-23(25,26)18-1-2-20(19(14-18)32(34)35)38(36,37)31-11-9-30(10-12-31)22(33)17-4-7-29(8-5-17)15-16-3-6-28-21(27)13-16/h1-3,6,13-14,17H,4-5,7-12,15H2,(H2,27,28). The number of nitrogen functional groups attached to an aromatic ring is 1. The lowest BCUT2D eigenvalue weighted by molar-refractivity contribution is -0.388. The van der Waals surface area contributed by atoms with E-state index in [1.807, 2.05) is 12.1 Å². The monoisotopic (exact) mass is 556 g/mol. The number of amides is 1. The van der Waals surface area contributed by atoms with E-state index >= 15 is 0 Å². The quantitative estimate of drug-likeness (QED) is 0.422. The molecule has 2 N–H and O–H groups in total. The molecule has 0 atom stereocenters. The summed E-state index contributed by atoms with van der Waals surface area (Å²) in [7, 11) is -4.45. The van der Waals surface area contributed by atoms with Gasteiger partial charge in [-0.1, -0.05) is 0 Å². The third-order valence-electron chi connectivity index (χ3n) is 6.84. The number of hydrogen-bond donors (Lipinski definition) is 1. The number of hydrogen-bond acceptors (Lipinski definition) is 8. The maximum atomic E-state index is 13.1. The van der Waals surface area contributed by atoms with Crippen LogP contribution in [-0.2, 0) is 27.5 Å². The van der Waals surface area contributed by atoms with E-state index in [1.54, 1.807) is 11.1 Å². The summed E-state index contributed by atoms with van der Waals surface area (Å²) < 4.78 is 66.1. The number of nitro benzene ring substituents is 1.